The molecule has 27 nitrogen and oxygen atoms in total. The molecule has 28 heteroatoms. The number of carbonyl (C=O) groups excluding carboxylic acids is 11. The normalized spacial score (nSPS) is 18.2. The number of nitrogens with zero attached hydrogens (tertiary/aromatic N) is 4. The number of ether oxygens (including phenoxy) is 4. The first-order chi connectivity index (χ1) is 42.9. The molecular weight excluding hydrogens is 1190 g/mol. The smallest absolute Gasteiger partial charge is 0.410 e. The number of pyridine rings is 2. The Bertz CT molecular complexity index is 3740. The minimum atomic E-state index is -2.08. The van der Waals surface area contributed by atoms with Gasteiger partial charge in [0.2, 0.25) is 35.4 Å². The number of benzene rings is 2. The van der Waals surface area contributed by atoms with Gasteiger partial charge >= 0.3 is 18.0 Å². The van der Waals surface area contributed by atoms with Crippen molar-refractivity contribution < 1.29 is 81.2 Å². The zero-order chi connectivity index (χ0) is 66.0. The Balaban J connectivity index is 0.800. The molecule has 5 aliphatic rings. The second-order valence-corrected chi connectivity index (χ2v) is 24.9. The van der Waals surface area contributed by atoms with Crippen molar-refractivity contribution in [2.75, 3.05) is 39.5 Å². The van der Waals surface area contributed by atoms with Gasteiger partial charge in [0.25, 0.3) is 17.4 Å². The zero-order valence-corrected chi connectivity index (χ0v) is 51.6. The van der Waals surface area contributed by atoms with Crippen LogP contribution in [0.2, 0.25) is 0 Å². The number of halogens is 1. The highest BCUT2D eigenvalue weighted by molar-refractivity contribution is 6.15. The van der Waals surface area contributed by atoms with Crippen LogP contribution in [0.5, 0.6) is 0 Å². The molecule has 5 atom stereocenters. The number of hydrogen-bond donors (Lipinski definition) is 7. The molecule has 2 aliphatic carbocycles. The van der Waals surface area contributed by atoms with E-state index in [2.05, 4.69) is 31.9 Å². The molecule has 0 radical (unpaired) electrons. The lowest BCUT2D eigenvalue weighted by molar-refractivity contribution is -0.172. The predicted octanol–water partition coefficient (Wildman–Crippen LogP) is 1.45. The molecule has 1 saturated carbocycles. The Kier molecular flexibility index (Phi) is 19.3. The van der Waals surface area contributed by atoms with Crippen LogP contribution in [0.15, 0.2) is 59.4 Å². The number of aryl methyl sites for hydroxylation is 1. The molecule has 9 amide bonds. The van der Waals surface area contributed by atoms with Crippen LogP contribution < -0.4 is 37.5 Å². The number of cyclic esters (lactones) is 1. The van der Waals surface area contributed by atoms with Crippen molar-refractivity contribution >= 4 is 76.2 Å². The summed E-state index contributed by atoms with van der Waals surface area (Å²) in [5, 5.41) is 27.5. The van der Waals surface area contributed by atoms with E-state index in [0.717, 1.165) is 17.1 Å². The van der Waals surface area contributed by atoms with Crippen molar-refractivity contribution in [3.8, 4) is 11.4 Å². The number of nitrogens with one attached hydrogen (secondary N) is 6. The topological polar surface area (TPSA) is 358 Å². The van der Waals surface area contributed by atoms with Gasteiger partial charge in [-0.2, -0.15) is 0 Å². The highest BCUT2D eigenvalue weighted by Crippen LogP contribution is 2.46. The van der Waals surface area contributed by atoms with E-state index in [1.807, 2.05) is 0 Å². The fraction of sp³-hybridized carbons (Fsp3) is 0.476. The second kappa shape index (κ2) is 26.6. The third-order valence-electron chi connectivity index (χ3n) is 16.0. The molecule has 3 aliphatic heterocycles. The summed E-state index contributed by atoms with van der Waals surface area (Å²) in [6.45, 7) is 8.33. The maximum absolute atomic E-state index is 15.6. The van der Waals surface area contributed by atoms with E-state index in [-0.39, 0.29) is 43.0 Å². The summed E-state index contributed by atoms with van der Waals surface area (Å²) in [5.74, 6) is -9.17. The quantitative estimate of drug-likeness (QED) is 0.0211. The lowest BCUT2D eigenvalue weighted by atomic mass is 9.81. The molecule has 2 aromatic heterocycles. The number of aliphatic hydroxyl groups is 1. The van der Waals surface area contributed by atoms with Crippen LogP contribution in [0.4, 0.5) is 9.18 Å². The van der Waals surface area contributed by atoms with Crippen LogP contribution in [0.3, 0.4) is 0 Å². The number of carbonyl (C=O) groups is 11. The Morgan fingerprint density at radius 1 is 0.813 bits per heavy atom. The van der Waals surface area contributed by atoms with Gasteiger partial charge in [0, 0.05) is 41.2 Å². The van der Waals surface area contributed by atoms with Gasteiger partial charge in [-0.05, 0) is 115 Å². The molecule has 9 rings (SSSR count). The number of aromatic nitrogens is 2. The Labute approximate surface area is 521 Å². The molecule has 91 heavy (non-hydrogen) atoms. The first kappa shape index (κ1) is 66.0. The Morgan fingerprint density at radius 3 is 2.11 bits per heavy atom. The van der Waals surface area contributed by atoms with Gasteiger partial charge in [0.15, 0.2) is 5.60 Å². The predicted molar refractivity (Wildman–Crippen MR) is 319 cm³/mol. The number of amides is 9. The van der Waals surface area contributed by atoms with Crippen LogP contribution >= 0.6 is 0 Å². The van der Waals surface area contributed by atoms with Crippen LogP contribution in [-0.4, -0.2) is 159 Å². The maximum atomic E-state index is 15.6. The Morgan fingerprint density at radius 2 is 1.46 bits per heavy atom. The monoisotopic (exact) mass is 1260 g/mol. The summed E-state index contributed by atoms with van der Waals surface area (Å²) in [6.07, 6.45) is 1.59. The van der Waals surface area contributed by atoms with Crippen LogP contribution in [0.1, 0.15) is 119 Å². The lowest BCUT2D eigenvalue weighted by Crippen LogP contribution is -2.57. The average Bonchev–Trinajstić information content (AvgIpc) is 1.64. The van der Waals surface area contributed by atoms with Crippen LogP contribution in [0, 0.1) is 18.7 Å². The summed E-state index contributed by atoms with van der Waals surface area (Å²) in [7, 11) is 0. The van der Waals surface area contributed by atoms with Crippen molar-refractivity contribution in [3.05, 3.63) is 110 Å². The number of esters is 2. The number of imide groups is 1. The van der Waals surface area contributed by atoms with Gasteiger partial charge in [-0.1, -0.05) is 37.3 Å². The lowest BCUT2D eigenvalue weighted by Gasteiger charge is -2.32. The van der Waals surface area contributed by atoms with Gasteiger partial charge in [-0.3, -0.25) is 57.7 Å². The zero-order valence-electron chi connectivity index (χ0n) is 51.6. The molecule has 4 aromatic rings. The summed E-state index contributed by atoms with van der Waals surface area (Å²) in [4.78, 5) is 167. The van der Waals surface area contributed by atoms with E-state index in [0.29, 0.717) is 80.7 Å². The van der Waals surface area contributed by atoms with Crippen molar-refractivity contribution in [2.24, 2.45) is 5.92 Å². The molecule has 0 saturated heterocycles. The van der Waals surface area contributed by atoms with Crippen LogP contribution in [0.25, 0.3) is 22.3 Å². The van der Waals surface area contributed by atoms with Crippen molar-refractivity contribution in [1.82, 2.24) is 51.3 Å². The van der Waals surface area contributed by atoms with Crippen molar-refractivity contribution in [2.45, 2.75) is 148 Å². The van der Waals surface area contributed by atoms with Gasteiger partial charge in [-0.15, -0.1) is 0 Å². The van der Waals surface area contributed by atoms with Crippen LogP contribution in [-0.2, 0) is 98.5 Å². The van der Waals surface area contributed by atoms with Crippen molar-refractivity contribution in [1.29, 1.82) is 0 Å². The minimum absolute atomic E-state index is 0.0301. The number of fused-ring (bicyclic) bond motifs is 5. The molecule has 7 N–H and O–H groups in total. The minimum Gasteiger partial charge on any atom is -0.459 e. The van der Waals surface area contributed by atoms with Gasteiger partial charge in [0.1, 0.15) is 55.1 Å². The van der Waals surface area contributed by atoms with E-state index in [9.17, 15) is 62.6 Å². The standard InChI is InChI=1S/C63H73FN10O17/c1-9-63(87)38-22-43-53-36(27-73(43)58(84)37(38)30-88-59(63)85)52-40(18-17-35-32(2)39(64)23-41(70-53)51(35)52)71-57(83)54(34-15-16-34)89-31-68-46(76)25-66-55(81)42(21-33-13-11-10-12-14-33)69-47(77)26-65-45(75)24-67-56(82)44(74-48(78)19-20-49(74)79)28-72(60(86)91-62(6,7)8)29-50(80)90-61(3,4)5/h10-14,19-20,22-23,34,40,42,44,54,87H,9,15-18,21,24-31H2,1-8H3,(H,65,75)(H,66,81)(H,67,82)(H,68,76)(H,69,77)(H,71,83)/t40-,42+,44+,54+,63+/m1/s1. The highest BCUT2D eigenvalue weighted by atomic mass is 19.1. The molecule has 484 valence electrons. The second-order valence-electron chi connectivity index (χ2n) is 24.9. The maximum Gasteiger partial charge on any atom is 0.410 e. The Hall–Kier alpha value is -9.44. The molecule has 0 unspecified atom stereocenters. The average molecular weight is 1260 g/mol. The van der Waals surface area contributed by atoms with E-state index < -0.39 is 157 Å². The van der Waals surface area contributed by atoms with Crippen molar-refractivity contribution in [3.63, 3.8) is 0 Å². The molecule has 0 bridgehead atoms. The number of rotatable bonds is 23. The van der Waals surface area contributed by atoms with E-state index in [1.165, 1.54) is 10.6 Å². The fourth-order valence-electron chi connectivity index (χ4n) is 11.4. The van der Waals surface area contributed by atoms with E-state index in [4.69, 9.17) is 23.9 Å². The summed E-state index contributed by atoms with van der Waals surface area (Å²) >= 11 is 0. The number of hydrogen-bond acceptors (Lipinski definition) is 18. The van der Waals surface area contributed by atoms with E-state index >= 15 is 4.39 Å². The van der Waals surface area contributed by atoms with Gasteiger partial charge in [-0.25, -0.2) is 19.0 Å². The van der Waals surface area contributed by atoms with E-state index in [1.54, 1.807) is 91.8 Å². The fourth-order valence-corrected chi connectivity index (χ4v) is 11.4. The molecule has 1 fully saturated rings. The molecule has 5 heterocycles. The summed E-state index contributed by atoms with van der Waals surface area (Å²) in [5.41, 5.74) is -0.420. The summed E-state index contributed by atoms with van der Waals surface area (Å²) < 4.78 is 39.1. The largest absolute Gasteiger partial charge is 0.459 e. The molecular formula is C63H73FN10O17. The first-order valence-corrected chi connectivity index (χ1v) is 29.9. The molecule has 0 spiro atoms. The third kappa shape index (κ3) is 14.9. The highest BCUT2D eigenvalue weighted by Gasteiger charge is 2.47. The molecule has 2 aromatic carbocycles. The van der Waals surface area contributed by atoms with Gasteiger partial charge in [0.05, 0.1) is 61.2 Å². The summed E-state index contributed by atoms with van der Waals surface area (Å²) in [6, 6.07) is 7.69. The SMILES string of the molecule is CC[C@@]1(O)C(=O)OCc2c1cc1n(c2=O)Cc2c-1nc1cc(F)c(C)c3c1c2[C@H](NC(=O)[C@@H](OCNC(=O)CNC(=O)[C@H](Cc1ccccc1)NC(=O)CNC(=O)CNC(=O)[C@H](CN(CC(=O)OC(C)(C)C)C(=O)OC(C)(C)C)N1C(=O)C=CC1=O)C1CC1)CC3. The first-order valence-electron chi connectivity index (χ1n) is 29.9. The van der Waals surface area contributed by atoms with Gasteiger partial charge < -0.3 is 60.5 Å². The third-order valence-corrected chi connectivity index (χ3v) is 16.0.